The predicted octanol–water partition coefficient (Wildman–Crippen LogP) is 3.56. The third kappa shape index (κ3) is 3.11. The number of para-hydroxylation sites is 1. The summed E-state index contributed by atoms with van der Waals surface area (Å²) in [7, 11) is 1.45. The number of amides is 1. The average Bonchev–Trinajstić information content (AvgIpc) is 2.48. The minimum Gasteiger partial charge on any atom is -0.478 e. The Morgan fingerprint density at radius 3 is 2.48 bits per heavy atom. The number of aromatic carboxylic acids is 1. The summed E-state index contributed by atoms with van der Waals surface area (Å²) in [5.41, 5.74) is 0.391. The second kappa shape index (κ2) is 6.05. The lowest BCUT2D eigenvalue weighted by molar-refractivity contribution is 0.0697. The van der Waals surface area contributed by atoms with E-state index in [-0.39, 0.29) is 21.3 Å². The maximum absolute atomic E-state index is 13.5. The van der Waals surface area contributed by atoms with E-state index in [4.69, 9.17) is 5.11 Å². The van der Waals surface area contributed by atoms with Crippen molar-refractivity contribution in [1.29, 1.82) is 0 Å². The fourth-order valence-corrected chi connectivity index (χ4v) is 2.13. The molecule has 0 saturated heterocycles. The van der Waals surface area contributed by atoms with Crippen LogP contribution in [0.4, 0.5) is 10.1 Å². The molecule has 0 aliphatic heterocycles. The van der Waals surface area contributed by atoms with Crippen LogP contribution >= 0.6 is 15.9 Å². The zero-order chi connectivity index (χ0) is 15.6. The lowest BCUT2D eigenvalue weighted by Gasteiger charge is -2.19. The van der Waals surface area contributed by atoms with Crippen LogP contribution in [-0.4, -0.2) is 24.0 Å². The van der Waals surface area contributed by atoms with E-state index in [1.807, 2.05) is 0 Å². The Morgan fingerprint density at radius 1 is 1.19 bits per heavy atom. The second-order valence-corrected chi connectivity index (χ2v) is 5.17. The van der Waals surface area contributed by atoms with E-state index in [9.17, 15) is 14.0 Å². The third-order valence-corrected chi connectivity index (χ3v) is 3.61. The number of carbonyl (C=O) groups excluding carboxylic acids is 1. The number of benzene rings is 2. The van der Waals surface area contributed by atoms with Crippen molar-refractivity contribution in [3.05, 3.63) is 63.9 Å². The fourth-order valence-electron chi connectivity index (χ4n) is 1.88. The highest BCUT2D eigenvalue weighted by Gasteiger charge is 2.19. The van der Waals surface area contributed by atoms with Crippen molar-refractivity contribution in [1.82, 2.24) is 0 Å². The van der Waals surface area contributed by atoms with Crippen molar-refractivity contribution >= 4 is 33.5 Å². The first-order valence-electron chi connectivity index (χ1n) is 5.97. The van der Waals surface area contributed by atoms with Gasteiger partial charge >= 0.3 is 5.97 Å². The summed E-state index contributed by atoms with van der Waals surface area (Å²) in [5.74, 6) is -2.18. The quantitative estimate of drug-likeness (QED) is 0.919. The summed E-state index contributed by atoms with van der Waals surface area (Å²) in [6.07, 6.45) is 0. The van der Waals surface area contributed by atoms with Crippen LogP contribution < -0.4 is 4.90 Å². The number of anilines is 1. The molecule has 0 saturated carbocycles. The number of carbonyl (C=O) groups is 2. The van der Waals surface area contributed by atoms with Gasteiger partial charge in [0.15, 0.2) is 0 Å². The smallest absolute Gasteiger partial charge is 0.337 e. The van der Waals surface area contributed by atoms with Gasteiger partial charge in [-0.15, -0.1) is 0 Å². The molecule has 21 heavy (non-hydrogen) atoms. The number of hydrogen-bond donors (Lipinski definition) is 1. The minimum absolute atomic E-state index is 0.00549. The number of carboxylic acids is 1. The maximum atomic E-state index is 13.5. The third-order valence-electron chi connectivity index (χ3n) is 2.97. The molecule has 1 N–H and O–H groups in total. The van der Waals surface area contributed by atoms with Gasteiger partial charge in [0.25, 0.3) is 5.91 Å². The molecule has 0 bridgehead atoms. The summed E-state index contributed by atoms with van der Waals surface area (Å²) in [6.45, 7) is 0. The number of hydrogen-bond acceptors (Lipinski definition) is 2. The van der Waals surface area contributed by atoms with E-state index in [1.54, 1.807) is 12.1 Å². The molecule has 108 valence electrons. The standard InChI is InChI=1S/C15H11BrFNO3/c1-18(13-5-3-2-4-10(13)15(20)21)14(19)9-6-7-11(16)12(17)8-9/h2-8H,1H3,(H,20,21). The largest absolute Gasteiger partial charge is 0.478 e. The molecule has 2 aromatic carbocycles. The van der Waals surface area contributed by atoms with Crippen LogP contribution in [-0.2, 0) is 0 Å². The highest BCUT2D eigenvalue weighted by Crippen LogP contribution is 2.23. The van der Waals surface area contributed by atoms with Crippen molar-refractivity contribution in [3.8, 4) is 0 Å². The first-order chi connectivity index (χ1) is 9.91. The molecular weight excluding hydrogens is 341 g/mol. The van der Waals surface area contributed by atoms with Gasteiger partial charge in [0.05, 0.1) is 15.7 Å². The summed E-state index contributed by atoms with van der Waals surface area (Å²) in [6, 6.07) is 10.1. The lowest BCUT2D eigenvalue weighted by Crippen LogP contribution is -2.28. The van der Waals surface area contributed by atoms with Crippen molar-refractivity contribution in [2.75, 3.05) is 11.9 Å². The molecule has 0 spiro atoms. The van der Waals surface area contributed by atoms with E-state index >= 15 is 0 Å². The summed E-state index contributed by atoms with van der Waals surface area (Å²) >= 11 is 3.01. The SMILES string of the molecule is CN(C(=O)c1ccc(Br)c(F)c1)c1ccccc1C(=O)O. The monoisotopic (exact) mass is 351 g/mol. The molecule has 6 heteroatoms. The predicted molar refractivity (Wildman–Crippen MR) is 80.2 cm³/mol. The number of rotatable bonds is 3. The van der Waals surface area contributed by atoms with Gasteiger partial charge in [0.2, 0.25) is 0 Å². The van der Waals surface area contributed by atoms with Crippen molar-refractivity contribution in [2.45, 2.75) is 0 Å². The number of carboxylic acid groups (broad SMARTS) is 1. The van der Waals surface area contributed by atoms with Gasteiger partial charge in [-0.1, -0.05) is 12.1 Å². The van der Waals surface area contributed by atoms with Crippen LogP contribution in [0.3, 0.4) is 0 Å². The van der Waals surface area contributed by atoms with Crippen LogP contribution in [0.2, 0.25) is 0 Å². The Kier molecular flexibility index (Phi) is 4.37. The summed E-state index contributed by atoms with van der Waals surface area (Å²) < 4.78 is 13.8. The number of halogens is 2. The minimum atomic E-state index is -1.13. The molecule has 0 heterocycles. The molecule has 0 fully saturated rings. The molecule has 2 aromatic rings. The first-order valence-corrected chi connectivity index (χ1v) is 6.76. The fraction of sp³-hybridized carbons (Fsp3) is 0.0667. The average molecular weight is 352 g/mol. The normalized spacial score (nSPS) is 10.2. The highest BCUT2D eigenvalue weighted by molar-refractivity contribution is 9.10. The molecule has 2 rings (SSSR count). The maximum Gasteiger partial charge on any atom is 0.337 e. The molecule has 1 amide bonds. The number of nitrogens with zero attached hydrogens (tertiary/aromatic N) is 1. The highest BCUT2D eigenvalue weighted by atomic mass is 79.9. The Balaban J connectivity index is 2.40. The van der Waals surface area contributed by atoms with Crippen molar-refractivity contribution < 1.29 is 19.1 Å². The zero-order valence-corrected chi connectivity index (χ0v) is 12.6. The van der Waals surface area contributed by atoms with E-state index in [0.717, 1.165) is 6.07 Å². The molecule has 0 unspecified atom stereocenters. The van der Waals surface area contributed by atoms with Gasteiger partial charge in [0, 0.05) is 12.6 Å². The lowest BCUT2D eigenvalue weighted by atomic mass is 10.1. The topological polar surface area (TPSA) is 57.6 Å². The summed E-state index contributed by atoms with van der Waals surface area (Å²) in [5, 5.41) is 9.14. The Morgan fingerprint density at radius 2 is 1.86 bits per heavy atom. The van der Waals surface area contributed by atoms with Crippen LogP contribution in [0.1, 0.15) is 20.7 Å². The van der Waals surface area contributed by atoms with E-state index in [2.05, 4.69) is 15.9 Å². The van der Waals surface area contributed by atoms with Gasteiger partial charge in [-0.2, -0.15) is 0 Å². The van der Waals surface area contributed by atoms with Gasteiger partial charge in [0.1, 0.15) is 5.82 Å². The van der Waals surface area contributed by atoms with Crippen LogP contribution in [0, 0.1) is 5.82 Å². The molecule has 0 aliphatic carbocycles. The Bertz CT molecular complexity index is 718. The van der Waals surface area contributed by atoms with Crippen LogP contribution in [0.25, 0.3) is 0 Å². The van der Waals surface area contributed by atoms with Crippen molar-refractivity contribution in [3.63, 3.8) is 0 Å². The molecule has 0 aromatic heterocycles. The van der Waals surface area contributed by atoms with Gasteiger partial charge in [-0.05, 0) is 46.3 Å². The first kappa shape index (κ1) is 15.2. The van der Waals surface area contributed by atoms with E-state index in [1.165, 1.54) is 36.2 Å². The van der Waals surface area contributed by atoms with Gasteiger partial charge in [-0.3, -0.25) is 4.79 Å². The second-order valence-electron chi connectivity index (χ2n) is 4.32. The molecule has 0 atom stereocenters. The van der Waals surface area contributed by atoms with Crippen molar-refractivity contribution in [2.24, 2.45) is 0 Å². The van der Waals surface area contributed by atoms with Crippen LogP contribution in [0.15, 0.2) is 46.9 Å². The summed E-state index contributed by atoms with van der Waals surface area (Å²) in [4.78, 5) is 24.7. The molecular formula is C15H11BrFNO3. The van der Waals surface area contributed by atoms with Crippen LogP contribution in [0.5, 0.6) is 0 Å². The zero-order valence-electron chi connectivity index (χ0n) is 11.0. The van der Waals surface area contributed by atoms with E-state index in [0.29, 0.717) is 0 Å². The van der Waals surface area contributed by atoms with Gasteiger partial charge < -0.3 is 10.0 Å². The Labute approximate surface area is 128 Å². The molecule has 0 aliphatic rings. The van der Waals surface area contributed by atoms with E-state index < -0.39 is 17.7 Å². The van der Waals surface area contributed by atoms with Gasteiger partial charge in [-0.25, -0.2) is 9.18 Å². The molecule has 4 nitrogen and oxygen atoms in total. The Hall–Kier alpha value is -2.21. The molecule has 0 radical (unpaired) electrons.